The van der Waals surface area contributed by atoms with Gasteiger partial charge in [-0.05, 0) is 36.9 Å². The van der Waals surface area contributed by atoms with Crippen LogP contribution in [0.2, 0.25) is 5.02 Å². The highest BCUT2D eigenvalue weighted by molar-refractivity contribution is 6.31. The zero-order valence-corrected chi connectivity index (χ0v) is 11.6. The van der Waals surface area contributed by atoms with E-state index in [1.165, 1.54) is 0 Å². The number of oxazole rings is 1. The van der Waals surface area contributed by atoms with Gasteiger partial charge in [-0.15, -0.1) is 0 Å². The largest absolute Gasteiger partial charge is 0.441 e. The highest BCUT2D eigenvalue weighted by Gasteiger charge is 2.14. The molecular weight excluding hydrogens is 248 g/mol. The minimum absolute atomic E-state index is 0.425. The van der Waals surface area contributed by atoms with Crippen LogP contribution in [0.3, 0.4) is 0 Å². The third-order valence-corrected chi connectivity index (χ3v) is 3.23. The quantitative estimate of drug-likeness (QED) is 0.899. The van der Waals surface area contributed by atoms with Crippen LogP contribution >= 0.6 is 11.6 Å². The average Bonchev–Trinajstić information content (AvgIpc) is 2.68. The number of hydrogen-bond acceptors (Lipinski definition) is 3. The lowest BCUT2D eigenvalue weighted by atomic mass is 9.94. The molecule has 0 aliphatic rings. The second kappa shape index (κ2) is 5.72. The average molecular weight is 267 g/mol. The minimum atomic E-state index is 0.425. The first kappa shape index (κ1) is 13.4. The zero-order chi connectivity index (χ0) is 13.1. The van der Waals surface area contributed by atoms with Crippen molar-refractivity contribution in [3.8, 4) is 0 Å². The molecular formula is C14H19ClN2O. The standard InChI is InChI=1S/C14H19ClN2O/c1-9(2)5-10(8-16)6-14-17-12-4-3-11(15)7-13(12)18-14/h3-4,7,9-10H,5-6,8,16H2,1-2H3. The molecule has 0 saturated heterocycles. The lowest BCUT2D eigenvalue weighted by Gasteiger charge is -2.14. The maximum atomic E-state index is 5.92. The van der Waals surface area contributed by atoms with E-state index in [2.05, 4.69) is 18.8 Å². The normalized spacial score (nSPS) is 13.4. The maximum Gasteiger partial charge on any atom is 0.195 e. The summed E-state index contributed by atoms with van der Waals surface area (Å²) in [5.74, 6) is 1.81. The van der Waals surface area contributed by atoms with Gasteiger partial charge < -0.3 is 10.2 Å². The van der Waals surface area contributed by atoms with E-state index in [1.807, 2.05) is 12.1 Å². The van der Waals surface area contributed by atoms with E-state index in [0.717, 1.165) is 29.8 Å². The third kappa shape index (κ3) is 3.24. The van der Waals surface area contributed by atoms with Crippen LogP contribution in [0.15, 0.2) is 22.6 Å². The number of aromatic nitrogens is 1. The Morgan fingerprint density at radius 1 is 1.39 bits per heavy atom. The van der Waals surface area contributed by atoms with Crippen LogP contribution in [0, 0.1) is 11.8 Å². The second-order valence-corrected chi connectivity index (χ2v) is 5.59. The van der Waals surface area contributed by atoms with Gasteiger partial charge in [-0.2, -0.15) is 0 Å². The van der Waals surface area contributed by atoms with Crippen LogP contribution in [0.5, 0.6) is 0 Å². The molecule has 2 N–H and O–H groups in total. The van der Waals surface area contributed by atoms with Crippen LogP contribution in [-0.4, -0.2) is 11.5 Å². The first-order valence-corrected chi connectivity index (χ1v) is 6.71. The predicted octanol–water partition coefficient (Wildman–Crippen LogP) is 3.64. The topological polar surface area (TPSA) is 52.0 Å². The Morgan fingerprint density at radius 3 is 2.83 bits per heavy atom. The number of rotatable bonds is 5. The summed E-state index contributed by atoms with van der Waals surface area (Å²) < 4.78 is 5.71. The third-order valence-electron chi connectivity index (χ3n) is 3.00. The summed E-state index contributed by atoms with van der Waals surface area (Å²) in [5, 5.41) is 0.669. The molecule has 2 rings (SSSR count). The fraction of sp³-hybridized carbons (Fsp3) is 0.500. The van der Waals surface area contributed by atoms with Crippen LogP contribution in [0.25, 0.3) is 11.1 Å². The Labute approximate surface area is 112 Å². The summed E-state index contributed by atoms with van der Waals surface area (Å²) in [6.45, 7) is 5.07. The molecule has 1 aromatic carbocycles. The summed E-state index contributed by atoms with van der Waals surface area (Å²) in [6, 6.07) is 5.50. The van der Waals surface area contributed by atoms with E-state index in [-0.39, 0.29) is 0 Å². The number of halogens is 1. The molecule has 3 nitrogen and oxygen atoms in total. The molecule has 0 spiro atoms. The van der Waals surface area contributed by atoms with Crippen molar-refractivity contribution >= 4 is 22.7 Å². The summed E-state index contributed by atoms with van der Waals surface area (Å²) in [7, 11) is 0. The van der Waals surface area contributed by atoms with Gasteiger partial charge in [0.1, 0.15) is 5.52 Å². The van der Waals surface area contributed by atoms with Crippen LogP contribution < -0.4 is 5.73 Å². The molecule has 0 aliphatic carbocycles. The summed E-state index contributed by atoms with van der Waals surface area (Å²) in [4.78, 5) is 4.47. The van der Waals surface area contributed by atoms with E-state index < -0.39 is 0 Å². The van der Waals surface area contributed by atoms with Crippen molar-refractivity contribution in [1.82, 2.24) is 4.98 Å². The summed E-state index contributed by atoms with van der Waals surface area (Å²) >= 11 is 5.92. The van der Waals surface area contributed by atoms with Gasteiger partial charge in [-0.3, -0.25) is 0 Å². The van der Waals surface area contributed by atoms with Crippen LogP contribution in [0.4, 0.5) is 0 Å². The SMILES string of the molecule is CC(C)CC(CN)Cc1nc2ccc(Cl)cc2o1. The molecule has 4 heteroatoms. The molecule has 2 aromatic rings. The van der Waals surface area contributed by atoms with Crippen molar-refractivity contribution < 1.29 is 4.42 Å². The summed E-state index contributed by atoms with van der Waals surface area (Å²) in [6.07, 6.45) is 1.89. The first-order valence-electron chi connectivity index (χ1n) is 6.33. The molecule has 0 amide bonds. The number of benzene rings is 1. The van der Waals surface area contributed by atoms with E-state index in [0.29, 0.717) is 23.4 Å². The highest BCUT2D eigenvalue weighted by atomic mass is 35.5. The Balaban J connectivity index is 2.15. The Bertz CT molecular complexity index is 521. The lowest BCUT2D eigenvalue weighted by Crippen LogP contribution is -2.18. The molecule has 0 bridgehead atoms. The van der Waals surface area contributed by atoms with Gasteiger partial charge in [0.25, 0.3) is 0 Å². The Hall–Kier alpha value is -1.06. The van der Waals surface area contributed by atoms with Crippen molar-refractivity contribution in [3.05, 3.63) is 29.1 Å². The van der Waals surface area contributed by atoms with Gasteiger partial charge >= 0.3 is 0 Å². The minimum Gasteiger partial charge on any atom is -0.441 e. The van der Waals surface area contributed by atoms with Crippen molar-refractivity contribution in [2.45, 2.75) is 26.7 Å². The van der Waals surface area contributed by atoms with Gasteiger partial charge in [-0.25, -0.2) is 4.98 Å². The van der Waals surface area contributed by atoms with Gasteiger partial charge in [-0.1, -0.05) is 25.4 Å². The zero-order valence-electron chi connectivity index (χ0n) is 10.8. The summed E-state index contributed by atoms with van der Waals surface area (Å²) in [5.41, 5.74) is 7.40. The van der Waals surface area contributed by atoms with Gasteiger partial charge in [0.2, 0.25) is 0 Å². The fourth-order valence-electron chi connectivity index (χ4n) is 2.21. The molecule has 0 radical (unpaired) electrons. The molecule has 1 unspecified atom stereocenters. The molecule has 1 heterocycles. The first-order chi connectivity index (χ1) is 8.58. The smallest absolute Gasteiger partial charge is 0.195 e. The number of hydrogen-bond donors (Lipinski definition) is 1. The van der Waals surface area contributed by atoms with Crippen molar-refractivity contribution in [2.75, 3.05) is 6.54 Å². The van der Waals surface area contributed by atoms with Crippen molar-refractivity contribution in [3.63, 3.8) is 0 Å². The number of nitrogens with zero attached hydrogens (tertiary/aromatic N) is 1. The molecule has 18 heavy (non-hydrogen) atoms. The molecule has 1 atom stereocenters. The van der Waals surface area contributed by atoms with E-state index >= 15 is 0 Å². The molecule has 0 aliphatic heterocycles. The van der Waals surface area contributed by atoms with Gasteiger partial charge in [0, 0.05) is 17.5 Å². The molecule has 98 valence electrons. The second-order valence-electron chi connectivity index (χ2n) is 5.16. The maximum absolute atomic E-state index is 5.92. The van der Waals surface area contributed by atoms with Crippen molar-refractivity contribution in [2.24, 2.45) is 17.6 Å². The highest BCUT2D eigenvalue weighted by Crippen LogP contribution is 2.23. The lowest BCUT2D eigenvalue weighted by molar-refractivity contribution is 0.380. The predicted molar refractivity (Wildman–Crippen MR) is 74.7 cm³/mol. The van der Waals surface area contributed by atoms with Gasteiger partial charge in [0.05, 0.1) is 0 Å². The Kier molecular flexibility index (Phi) is 4.25. The van der Waals surface area contributed by atoms with E-state index in [9.17, 15) is 0 Å². The van der Waals surface area contributed by atoms with E-state index in [4.69, 9.17) is 21.8 Å². The molecule has 0 fully saturated rings. The van der Waals surface area contributed by atoms with Crippen molar-refractivity contribution in [1.29, 1.82) is 0 Å². The van der Waals surface area contributed by atoms with Gasteiger partial charge in [0.15, 0.2) is 11.5 Å². The fourth-order valence-corrected chi connectivity index (χ4v) is 2.37. The molecule has 1 aromatic heterocycles. The monoisotopic (exact) mass is 266 g/mol. The van der Waals surface area contributed by atoms with E-state index in [1.54, 1.807) is 6.07 Å². The van der Waals surface area contributed by atoms with Crippen LogP contribution in [0.1, 0.15) is 26.2 Å². The Morgan fingerprint density at radius 2 is 2.17 bits per heavy atom. The number of fused-ring (bicyclic) bond motifs is 1. The number of nitrogens with two attached hydrogens (primary N) is 1. The molecule has 0 saturated carbocycles. The van der Waals surface area contributed by atoms with Crippen LogP contribution in [-0.2, 0) is 6.42 Å².